The van der Waals surface area contributed by atoms with Gasteiger partial charge in [-0.15, -0.1) is 10.1 Å². The normalized spacial score (nSPS) is 3.43. The van der Waals surface area contributed by atoms with E-state index in [0.717, 1.165) is 0 Å². The van der Waals surface area contributed by atoms with Crippen LogP contribution in [0.2, 0.25) is 0 Å². The van der Waals surface area contributed by atoms with Crippen molar-refractivity contribution in [3.05, 3.63) is 10.1 Å². The molecule has 0 rings (SSSR count). The van der Waals surface area contributed by atoms with Crippen LogP contribution >= 0.6 is 0 Å². The summed E-state index contributed by atoms with van der Waals surface area (Å²) in [5.41, 5.74) is 0. The first kappa shape index (κ1) is 26.3. The van der Waals surface area contributed by atoms with Crippen LogP contribution < -0.4 is 0 Å². The summed E-state index contributed by atoms with van der Waals surface area (Å²) < 4.78 is 0. The van der Waals surface area contributed by atoms with Crippen LogP contribution in [0.5, 0.6) is 0 Å². The van der Waals surface area contributed by atoms with E-state index < -0.39 is 5.09 Å². The van der Waals surface area contributed by atoms with Crippen molar-refractivity contribution in [1.29, 1.82) is 0 Å². The molecular formula is H7CaNO5. The van der Waals surface area contributed by atoms with Crippen LogP contribution in [0.4, 0.5) is 0 Å². The summed E-state index contributed by atoms with van der Waals surface area (Å²) in [7, 11) is 0. The first-order valence-corrected chi connectivity index (χ1v) is 0.565. The van der Waals surface area contributed by atoms with Gasteiger partial charge in [0.1, 0.15) is 0 Å². The summed E-state index contributed by atoms with van der Waals surface area (Å²) in [6.07, 6.45) is 0. The molecule has 0 aliphatic carbocycles. The second kappa shape index (κ2) is 16.2. The molecule has 0 aromatic carbocycles. The SMILES string of the molecule is O.O.O=[N+]([O-])O.[Ca+2].[H-].[H-]. The zero-order chi connectivity index (χ0) is 3.58. The van der Waals surface area contributed by atoms with Crippen LogP contribution in [-0.4, -0.2) is 59.0 Å². The molecule has 0 fully saturated rings. The summed E-state index contributed by atoms with van der Waals surface area (Å²) in [4.78, 5) is 8.36. The molecule has 0 aromatic heterocycles. The Labute approximate surface area is 71.8 Å². The van der Waals surface area contributed by atoms with Gasteiger partial charge >= 0.3 is 37.7 Å². The van der Waals surface area contributed by atoms with Crippen molar-refractivity contribution in [2.45, 2.75) is 0 Å². The van der Waals surface area contributed by atoms with E-state index >= 15 is 0 Å². The predicted octanol–water partition coefficient (Wildman–Crippen LogP) is -2.15. The minimum Gasteiger partial charge on any atom is -1.00 e. The van der Waals surface area contributed by atoms with Gasteiger partial charge in [0.2, 0.25) is 0 Å². The van der Waals surface area contributed by atoms with Gasteiger partial charge in [-0.2, -0.15) is 0 Å². The maximum absolute atomic E-state index is 8.36. The number of nitrogens with zero attached hydrogens (tertiary/aromatic N) is 1. The molecule has 0 spiro atoms. The molecule has 0 aromatic rings. The molecule has 0 aliphatic rings. The van der Waals surface area contributed by atoms with Gasteiger partial charge in [0.25, 0.3) is 5.09 Å². The molecule has 0 amide bonds. The molecule has 5 N–H and O–H groups in total. The van der Waals surface area contributed by atoms with Crippen LogP contribution in [0.25, 0.3) is 0 Å². The number of rotatable bonds is 0. The molecule has 0 atom stereocenters. The van der Waals surface area contributed by atoms with E-state index in [9.17, 15) is 0 Å². The van der Waals surface area contributed by atoms with Crippen LogP contribution in [0.1, 0.15) is 2.85 Å². The fourth-order valence-corrected chi connectivity index (χ4v) is 0. The average molecular weight is 141 g/mol. The van der Waals surface area contributed by atoms with Crippen LogP contribution in [0.15, 0.2) is 0 Å². The second-order valence-corrected chi connectivity index (χ2v) is 0.238. The largest absolute Gasteiger partial charge is 2.00 e. The molecule has 0 aliphatic heterocycles. The van der Waals surface area contributed by atoms with Crippen molar-refractivity contribution in [3.8, 4) is 0 Å². The molecule has 0 heterocycles. The van der Waals surface area contributed by atoms with Crippen LogP contribution in [0.3, 0.4) is 0 Å². The van der Waals surface area contributed by atoms with E-state index in [1.807, 2.05) is 0 Å². The third-order valence-electron chi connectivity index (χ3n) is 0. The van der Waals surface area contributed by atoms with E-state index in [0.29, 0.717) is 0 Å². The molecular weight excluding hydrogens is 134 g/mol. The predicted molar refractivity (Wildman–Crippen MR) is 24.0 cm³/mol. The van der Waals surface area contributed by atoms with Crippen molar-refractivity contribution in [1.82, 2.24) is 0 Å². The standard InChI is InChI=1S/Ca.HNO3.2H2O.2H/c;2-1(3)4;;;;/h;(H,2,3,4);2*1H2;;/q+2;;;;2*-1. The topological polar surface area (TPSA) is 126 Å². The monoisotopic (exact) mass is 141 g/mol. The molecule has 0 saturated carbocycles. The molecule has 0 bridgehead atoms. The van der Waals surface area contributed by atoms with Gasteiger partial charge < -0.3 is 19.0 Å². The first-order chi connectivity index (χ1) is 1.73. The van der Waals surface area contributed by atoms with Crippen molar-refractivity contribution in [3.63, 3.8) is 0 Å². The third kappa shape index (κ3) is 849. The summed E-state index contributed by atoms with van der Waals surface area (Å²) in [6, 6.07) is 0. The molecule has 7 heteroatoms. The van der Waals surface area contributed by atoms with Crippen molar-refractivity contribution < 1.29 is 24.1 Å². The second-order valence-electron chi connectivity index (χ2n) is 0.238. The summed E-state index contributed by atoms with van der Waals surface area (Å²) in [5, 5.41) is 13.6. The van der Waals surface area contributed by atoms with Gasteiger partial charge in [0.05, 0.1) is 0 Å². The molecule has 0 radical (unpaired) electrons. The Balaban J connectivity index is -0.00000000450. The van der Waals surface area contributed by atoms with Gasteiger partial charge in [-0.05, 0) is 0 Å². The summed E-state index contributed by atoms with van der Waals surface area (Å²) in [6.45, 7) is 0. The Morgan fingerprint density at radius 1 is 1.57 bits per heavy atom. The fraction of sp³-hybridized carbons (Fsp3) is 0. The fourth-order valence-electron chi connectivity index (χ4n) is 0. The zero-order valence-electron chi connectivity index (χ0n) is 5.42. The smallest absolute Gasteiger partial charge is 1.00 e. The van der Waals surface area contributed by atoms with Gasteiger partial charge in [-0.1, -0.05) is 0 Å². The first-order valence-electron chi connectivity index (χ1n) is 0.565. The Kier molecular flexibility index (Phi) is 60.7. The summed E-state index contributed by atoms with van der Waals surface area (Å²) >= 11 is 0. The van der Waals surface area contributed by atoms with Gasteiger partial charge in [-0.3, -0.25) is 0 Å². The van der Waals surface area contributed by atoms with E-state index in [1.165, 1.54) is 0 Å². The molecule has 6 nitrogen and oxygen atoms in total. The van der Waals surface area contributed by atoms with E-state index in [4.69, 9.17) is 15.3 Å². The Morgan fingerprint density at radius 3 is 1.57 bits per heavy atom. The minimum atomic E-state index is -1.50. The third-order valence-corrected chi connectivity index (χ3v) is 0. The quantitative estimate of drug-likeness (QED) is 0.234. The number of hydrogen-bond donors (Lipinski definition) is 1. The number of hydrogen-bond acceptors (Lipinski definition) is 2. The molecule has 0 saturated heterocycles. The zero-order valence-corrected chi connectivity index (χ0v) is 5.63. The van der Waals surface area contributed by atoms with Crippen molar-refractivity contribution >= 4 is 37.7 Å². The Bertz CT molecular complexity index is 37.9. The van der Waals surface area contributed by atoms with Gasteiger partial charge in [0, 0.05) is 0 Å². The molecule has 44 valence electrons. The van der Waals surface area contributed by atoms with Gasteiger partial charge in [0.15, 0.2) is 0 Å². The average Bonchev–Trinajstić information content (AvgIpc) is 0.811. The van der Waals surface area contributed by atoms with E-state index in [-0.39, 0.29) is 51.5 Å². The minimum absolute atomic E-state index is 0. The Hall–Kier alpha value is 0.380. The van der Waals surface area contributed by atoms with Gasteiger partial charge in [-0.25, -0.2) is 0 Å². The summed E-state index contributed by atoms with van der Waals surface area (Å²) in [5.74, 6) is 0. The maximum Gasteiger partial charge on any atom is 2.00 e. The van der Waals surface area contributed by atoms with E-state index in [1.54, 1.807) is 0 Å². The van der Waals surface area contributed by atoms with Crippen molar-refractivity contribution in [2.24, 2.45) is 0 Å². The van der Waals surface area contributed by atoms with Crippen molar-refractivity contribution in [2.75, 3.05) is 0 Å². The maximum atomic E-state index is 8.36. The Morgan fingerprint density at radius 2 is 1.57 bits per heavy atom. The van der Waals surface area contributed by atoms with Crippen LogP contribution in [-0.2, 0) is 0 Å². The van der Waals surface area contributed by atoms with E-state index in [2.05, 4.69) is 0 Å². The van der Waals surface area contributed by atoms with Crippen LogP contribution in [0, 0.1) is 10.1 Å². The molecule has 0 unspecified atom stereocenters. The molecule has 7 heavy (non-hydrogen) atoms.